The number of carbonyl (C=O) groups excluding carboxylic acids is 2. The molecule has 1 atom stereocenters. The fraction of sp³-hybridized carbons (Fsp3) is 0.320. The highest BCUT2D eigenvalue weighted by molar-refractivity contribution is 5.98. The largest absolute Gasteiger partial charge is 0.449 e. The van der Waals surface area contributed by atoms with Crippen molar-refractivity contribution in [3.8, 4) is 11.3 Å². The first-order chi connectivity index (χ1) is 15.1. The third-order valence-corrected chi connectivity index (χ3v) is 5.59. The van der Waals surface area contributed by atoms with Gasteiger partial charge in [0.1, 0.15) is 0 Å². The summed E-state index contributed by atoms with van der Waals surface area (Å²) in [5.74, 6) is -0.0396. The van der Waals surface area contributed by atoms with Crippen molar-refractivity contribution in [2.24, 2.45) is 0 Å². The number of carbonyl (C=O) groups is 2. The van der Waals surface area contributed by atoms with Gasteiger partial charge < -0.3 is 14.5 Å². The van der Waals surface area contributed by atoms with Gasteiger partial charge in [-0.25, -0.2) is 9.78 Å². The maximum atomic E-state index is 13.2. The van der Waals surface area contributed by atoms with Gasteiger partial charge >= 0.3 is 6.09 Å². The highest BCUT2D eigenvalue weighted by atomic mass is 16.6. The van der Waals surface area contributed by atoms with Crippen LogP contribution in [0.5, 0.6) is 0 Å². The second kappa shape index (κ2) is 9.16. The SMILES string of the molecule is CCCOC(=O)N1CCN(C(=O)c2ccc3ccc(-c4ccccc4)nc3c2)C[C@H]1C. The van der Waals surface area contributed by atoms with Crippen molar-refractivity contribution in [2.75, 3.05) is 26.2 Å². The first-order valence-corrected chi connectivity index (χ1v) is 10.8. The lowest BCUT2D eigenvalue weighted by Crippen LogP contribution is -2.55. The molecule has 0 aliphatic carbocycles. The van der Waals surface area contributed by atoms with Crippen molar-refractivity contribution in [3.05, 3.63) is 66.2 Å². The van der Waals surface area contributed by atoms with Gasteiger partial charge in [-0.1, -0.05) is 49.4 Å². The third-order valence-electron chi connectivity index (χ3n) is 5.59. The normalized spacial score (nSPS) is 16.4. The molecule has 0 radical (unpaired) electrons. The molecule has 2 amide bonds. The standard InChI is InChI=1S/C25H27N3O3/c1-3-15-31-25(30)28-14-13-27(17-18(28)2)24(29)21-10-9-20-11-12-22(26-23(20)16-21)19-7-5-4-6-8-19/h4-12,16,18H,3,13-15,17H2,1-2H3/t18-/m1/s1. The van der Waals surface area contributed by atoms with Gasteiger partial charge in [-0.3, -0.25) is 4.79 Å². The van der Waals surface area contributed by atoms with Crippen LogP contribution in [0.1, 0.15) is 30.6 Å². The molecule has 160 valence electrons. The summed E-state index contributed by atoms with van der Waals surface area (Å²) in [7, 11) is 0. The first-order valence-electron chi connectivity index (χ1n) is 10.8. The minimum absolute atomic E-state index is 0.0396. The van der Waals surface area contributed by atoms with Crippen molar-refractivity contribution >= 4 is 22.9 Å². The van der Waals surface area contributed by atoms with E-state index in [1.807, 2.05) is 74.5 Å². The van der Waals surface area contributed by atoms with E-state index in [0.717, 1.165) is 28.6 Å². The molecular weight excluding hydrogens is 390 g/mol. The van der Waals surface area contributed by atoms with Crippen LogP contribution in [-0.4, -0.2) is 59.1 Å². The second-order valence-corrected chi connectivity index (χ2v) is 7.88. The van der Waals surface area contributed by atoms with Gasteiger partial charge in [0.05, 0.1) is 17.8 Å². The van der Waals surface area contributed by atoms with Crippen LogP contribution in [0.25, 0.3) is 22.2 Å². The van der Waals surface area contributed by atoms with E-state index in [1.54, 1.807) is 9.80 Å². The number of piperazine rings is 1. The number of hydrogen-bond acceptors (Lipinski definition) is 4. The van der Waals surface area contributed by atoms with E-state index in [2.05, 4.69) is 0 Å². The van der Waals surface area contributed by atoms with Gasteiger partial charge in [-0.2, -0.15) is 0 Å². The average molecular weight is 418 g/mol. The molecule has 1 saturated heterocycles. The summed E-state index contributed by atoms with van der Waals surface area (Å²) >= 11 is 0. The van der Waals surface area contributed by atoms with Crippen molar-refractivity contribution in [3.63, 3.8) is 0 Å². The zero-order valence-electron chi connectivity index (χ0n) is 18.0. The zero-order chi connectivity index (χ0) is 21.8. The Morgan fingerprint density at radius 1 is 1.06 bits per heavy atom. The summed E-state index contributed by atoms with van der Waals surface area (Å²) in [6.45, 7) is 5.77. The molecule has 0 bridgehead atoms. The topological polar surface area (TPSA) is 62.7 Å². The Hall–Kier alpha value is -3.41. The van der Waals surface area contributed by atoms with Gasteiger partial charge in [0, 0.05) is 42.2 Å². The lowest BCUT2D eigenvalue weighted by atomic mass is 10.1. The predicted octanol–water partition coefficient (Wildman–Crippen LogP) is 4.59. The Balaban J connectivity index is 1.51. The maximum Gasteiger partial charge on any atom is 0.410 e. The second-order valence-electron chi connectivity index (χ2n) is 7.88. The third kappa shape index (κ3) is 4.53. The zero-order valence-corrected chi connectivity index (χ0v) is 18.0. The number of rotatable bonds is 4. The van der Waals surface area contributed by atoms with Crippen LogP contribution in [0.3, 0.4) is 0 Å². The lowest BCUT2D eigenvalue weighted by Gasteiger charge is -2.39. The molecule has 0 saturated carbocycles. The molecule has 0 N–H and O–H groups in total. The molecule has 0 spiro atoms. The number of benzene rings is 2. The van der Waals surface area contributed by atoms with Gasteiger partial charge in [0.15, 0.2) is 0 Å². The Morgan fingerprint density at radius 2 is 1.84 bits per heavy atom. The average Bonchev–Trinajstić information content (AvgIpc) is 2.81. The summed E-state index contributed by atoms with van der Waals surface area (Å²) in [5.41, 5.74) is 3.33. The highest BCUT2D eigenvalue weighted by Gasteiger charge is 2.31. The Bertz CT molecular complexity index is 1080. The molecule has 2 heterocycles. The summed E-state index contributed by atoms with van der Waals surface area (Å²) in [5, 5.41) is 0.994. The van der Waals surface area contributed by atoms with E-state index in [-0.39, 0.29) is 18.0 Å². The Labute approximate surface area is 182 Å². The predicted molar refractivity (Wildman–Crippen MR) is 121 cm³/mol. The first kappa shape index (κ1) is 20.8. The number of aromatic nitrogens is 1. The fourth-order valence-corrected chi connectivity index (χ4v) is 3.89. The molecule has 3 aromatic rings. The molecular formula is C25H27N3O3. The summed E-state index contributed by atoms with van der Waals surface area (Å²) in [4.78, 5) is 33.6. The number of ether oxygens (including phenoxy) is 1. The van der Waals surface area contributed by atoms with E-state index in [0.29, 0.717) is 31.8 Å². The van der Waals surface area contributed by atoms with Crippen molar-refractivity contribution in [1.82, 2.24) is 14.8 Å². The smallest absolute Gasteiger partial charge is 0.410 e. The van der Waals surface area contributed by atoms with Crippen molar-refractivity contribution in [1.29, 1.82) is 0 Å². The number of nitrogens with zero attached hydrogens (tertiary/aromatic N) is 3. The van der Waals surface area contributed by atoms with Crippen LogP contribution in [0.15, 0.2) is 60.7 Å². The molecule has 0 unspecified atom stereocenters. The van der Waals surface area contributed by atoms with Gasteiger partial charge in [-0.05, 0) is 31.5 Å². The molecule has 1 aromatic heterocycles. The lowest BCUT2D eigenvalue weighted by molar-refractivity contribution is 0.0412. The van der Waals surface area contributed by atoms with Gasteiger partial charge in [0.25, 0.3) is 5.91 Å². The van der Waals surface area contributed by atoms with Crippen molar-refractivity contribution in [2.45, 2.75) is 26.3 Å². The molecule has 1 aliphatic rings. The van der Waals surface area contributed by atoms with Crippen LogP contribution >= 0.6 is 0 Å². The van der Waals surface area contributed by atoms with Crippen molar-refractivity contribution < 1.29 is 14.3 Å². The van der Waals surface area contributed by atoms with E-state index in [1.165, 1.54) is 0 Å². The minimum atomic E-state index is -0.301. The summed E-state index contributed by atoms with van der Waals surface area (Å²) < 4.78 is 5.25. The fourth-order valence-electron chi connectivity index (χ4n) is 3.89. The monoisotopic (exact) mass is 417 g/mol. The number of fused-ring (bicyclic) bond motifs is 1. The molecule has 1 fully saturated rings. The summed E-state index contributed by atoms with van der Waals surface area (Å²) in [6.07, 6.45) is 0.491. The van der Waals surface area contributed by atoms with Crippen LogP contribution in [0.4, 0.5) is 4.79 Å². The molecule has 2 aromatic carbocycles. The molecule has 6 heteroatoms. The van der Waals surface area contributed by atoms with Gasteiger partial charge in [0.2, 0.25) is 0 Å². The van der Waals surface area contributed by atoms with E-state index in [9.17, 15) is 9.59 Å². The Morgan fingerprint density at radius 3 is 2.58 bits per heavy atom. The Kier molecular flexibility index (Phi) is 6.16. The molecule has 6 nitrogen and oxygen atoms in total. The highest BCUT2D eigenvalue weighted by Crippen LogP contribution is 2.23. The quantitative estimate of drug-likeness (QED) is 0.623. The van der Waals surface area contributed by atoms with E-state index < -0.39 is 0 Å². The summed E-state index contributed by atoms with van der Waals surface area (Å²) in [6, 6.07) is 19.6. The van der Waals surface area contributed by atoms with Crippen LogP contribution in [-0.2, 0) is 4.74 Å². The molecule has 4 rings (SSSR count). The van der Waals surface area contributed by atoms with E-state index >= 15 is 0 Å². The van der Waals surface area contributed by atoms with Gasteiger partial charge in [-0.15, -0.1) is 0 Å². The van der Waals surface area contributed by atoms with Crippen LogP contribution in [0.2, 0.25) is 0 Å². The number of pyridine rings is 1. The van der Waals surface area contributed by atoms with Crippen LogP contribution in [0, 0.1) is 0 Å². The minimum Gasteiger partial charge on any atom is -0.449 e. The number of hydrogen-bond donors (Lipinski definition) is 0. The number of amides is 2. The molecule has 1 aliphatic heterocycles. The molecule has 31 heavy (non-hydrogen) atoms. The van der Waals surface area contributed by atoms with E-state index in [4.69, 9.17) is 9.72 Å². The van der Waals surface area contributed by atoms with Crippen LogP contribution < -0.4 is 0 Å². The maximum absolute atomic E-state index is 13.2.